The molecule has 2 heterocycles. The predicted octanol–water partition coefficient (Wildman–Crippen LogP) is 5.23. The van der Waals surface area contributed by atoms with Gasteiger partial charge in [0.1, 0.15) is 6.07 Å². The van der Waals surface area contributed by atoms with Gasteiger partial charge in [-0.25, -0.2) is 4.31 Å². The van der Waals surface area contributed by atoms with Crippen molar-refractivity contribution in [3.8, 4) is 17.3 Å². The number of carbonyl (C=O) groups is 1. The van der Waals surface area contributed by atoms with E-state index in [1.807, 2.05) is 30.3 Å². The minimum atomic E-state index is -0.198. The van der Waals surface area contributed by atoms with E-state index in [-0.39, 0.29) is 5.91 Å². The maximum Gasteiger partial charge on any atom is 0.255 e. The third-order valence-corrected chi connectivity index (χ3v) is 6.26. The van der Waals surface area contributed by atoms with Crippen molar-refractivity contribution in [1.29, 1.82) is 5.26 Å². The van der Waals surface area contributed by atoms with Gasteiger partial charge in [-0.05, 0) is 68.1 Å². The van der Waals surface area contributed by atoms with Crippen LogP contribution in [0.4, 0.5) is 11.4 Å². The van der Waals surface area contributed by atoms with Crippen molar-refractivity contribution in [3.63, 3.8) is 0 Å². The Kier molecular flexibility index (Phi) is 6.42. The van der Waals surface area contributed by atoms with E-state index in [2.05, 4.69) is 26.0 Å². The lowest BCUT2D eigenvalue weighted by Crippen LogP contribution is -2.31. The van der Waals surface area contributed by atoms with Gasteiger partial charge in [0.25, 0.3) is 5.91 Å². The highest BCUT2D eigenvalue weighted by Crippen LogP contribution is 2.30. The van der Waals surface area contributed by atoms with Gasteiger partial charge in [0.2, 0.25) is 0 Å². The first kappa shape index (κ1) is 21.2. The monoisotopic (exact) mass is 449 g/mol. The van der Waals surface area contributed by atoms with Crippen molar-refractivity contribution in [2.45, 2.75) is 6.42 Å². The van der Waals surface area contributed by atoms with E-state index in [1.165, 1.54) is 6.20 Å². The second kappa shape index (κ2) is 9.40. The molecule has 1 aliphatic heterocycles. The Balaban J connectivity index is 1.48. The number of aromatic nitrogens is 1. The van der Waals surface area contributed by atoms with Gasteiger partial charge in [0.05, 0.1) is 16.3 Å². The lowest BCUT2D eigenvalue weighted by Gasteiger charge is -2.32. The van der Waals surface area contributed by atoms with Crippen LogP contribution in [0.2, 0.25) is 5.02 Å². The largest absolute Gasteiger partial charge is 0.322 e. The number of anilines is 2. The minimum absolute atomic E-state index is 0.198. The molecule has 1 amide bonds. The molecule has 4 rings (SSSR count). The van der Waals surface area contributed by atoms with Gasteiger partial charge in [0, 0.05) is 53.9 Å². The van der Waals surface area contributed by atoms with E-state index in [1.54, 1.807) is 42.5 Å². The van der Waals surface area contributed by atoms with Crippen LogP contribution in [0.3, 0.4) is 0 Å². The summed E-state index contributed by atoms with van der Waals surface area (Å²) in [6.45, 7) is 2.06. The first-order valence-electron chi connectivity index (χ1n) is 9.78. The smallest absolute Gasteiger partial charge is 0.255 e. The number of amides is 1. The molecule has 0 atom stereocenters. The molecule has 156 valence electrons. The molecular formula is C23H20ClN5OS. The third-order valence-electron chi connectivity index (χ3n) is 4.88. The highest BCUT2D eigenvalue weighted by atomic mass is 35.5. The molecule has 0 radical (unpaired) electrons. The number of hydrogen-bond donors (Lipinski definition) is 1. The molecule has 3 aromatic rings. The van der Waals surface area contributed by atoms with Gasteiger partial charge in [0.15, 0.2) is 0 Å². The summed E-state index contributed by atoms with van der Waals surface area (Å²) in [6, 6.07) is 18.3. The molecule has 1 saturated heterocycles. The molecule has 0 saturated carbocycles. The van der Waals surface area contributed by atoms with E-state index in [0.29, 0.717) is 33.1 Å². The van der Waals surface area contributed by atoms with Gasteiger partial charge in [-0.1, -0.05) is 11.6 Å². The standard InChI is InChI=1S/C23H20ClN5OS/c1-28-11-2-12-29(31-28)19-7-4-17(5-8-19)23(30)27-18-6-9-21(24)20(13-18)22-10-3-16(14-25)15-26-22/h3-10,13,15H,2,11-12H2,1H3,(H,27,30). The van der Waals surface area contributed by atoms with Gasteiger partial charge in [-0.2, -0.15) is 5.26 Å². The second-order valence-electron chi connectivity index (χ2n) is 7.13. The third kappa shape index (κ3) is 5.00. The summed E-state index contributed by atoms with van der Waals surface area (Å²) in [5.74, 6) is -0.198. The molecular weight excluding hydrogens is 430 g/mol. The van der Waals surface area contributed by atoms with Gasteiger partial charge < -0.3 is 9.62 Å². The Labute approximate surface area is 190 Å². The fourth-order valence-corrected chi connectivity index (χ4v) is 4.45. The molecule has 1 aromatic heterocycles. The van der Waals surface area contributed by atoms with Gasteiger partial charge >= 0.3 is 0 Å². The highest BCUT2D eigenvalue weighted by molar-refractivity contribution is 7.98. The normalized spacial score (nSPS) is 14.2. The van der Waals surface area contributed by atoms with Gasteiger partial charge in [-0.15, -0.1) is 0 Å². The number of hydrogen-bond acceptors (Lipinski definition) is 6. The highest BCUT2D eigenvalue weighted by Gasteiger charge is 2.17. The molecule has 1 aliphatic rings. The van der Waals surface area contributed by atoms with E-state index in [9.17, 15) is 4.79 Å². The van der Waals surface area contributed by atoms with Crippen LogP contribution in [-0.4, -0.2) is 35.3 Å². The van der Waals surface area contributed by atoms with Crippen LogP contribution in [-0.2, 0) is 0 Å². The number of pyridine rings is 1. The van der Waals surface area contributed by atoms with Crippen molar-refractivity contribution in [1.82, 2.24) is 9.29 Å². The van der Waals surface area contributed by atoms with E-state index in [4.69, 9.17) is 16.9 Å². The fourth-order valence-electron chi connectivity index (χ4n) is 3.26. The quantitative estimate of drug-likeness (QED) is 0.550. The number of halogens is 1. The van der Waals surface area contributed by atoms with Crippen LogP contribution >= 0.6 is 23.7 Å². The number of benzene rings is 2. The van der Waals surface area contributed by atoms with Crippen molar-refractivity contribution in [2.24, 2.45) is 0 Å². The summed E-state index contributed by atoms with van der Waals surface area (Å²) >= 11 is 8.02. The van der Waals surface area contributed by atoms with Crippen molar-refractivity contribution >= 4 is 41.0 Å². The first-order valence-corrected chi connectivity index (χ1v) is 10.9. The summed E-state index contributed by atoms with van der Waals surface area (Å²) in [5, 5.41) is 12.4. The molecule has 1 fully saturated rings. The summed E-state index contributed by atoms with van der Waals surface area (Å²) in [7, 11) is 2.08. The SMILES string of the molecule is CN1CCCN(c2ccc(C(=O)Nc3ccc(Cl)c(-c4ccc(C#N)cn4)c3)cc2)S1. The average molecular weight is 450 g/mol. The zero-order chi connectivity index (χ0) is 21.8. The Morgan fingerprint density at radius 1 is 1.16 bits per heavy atom. The number of nitrogens with zero attached hydrogens (tertiary/aromatic N) is 4. The molecule has 8 heteroatoms. The Hall–Kier alpha value is -3.05. The Morgan fingerprint density at radius 3 is 2.65 bits per heavy atom. The molecule has 1 N–H and O–H groups in total. The van der Waals surface area contributed by atoms with Crippen LogP contribution in [0.5, 0.6) is 0 Å². The summed E-state index contributed by atoms with van der Waals surface area (Å²) < 4.78 is 4.42. The van der Waals surface area contributed by atoms with Gasteiger partial charge in [-0.3, -0.25) is 9.78 Å². The average Bonchev–Trinajstić information content (AvgIpc) is 2.80. The molecule has 0 bridgehead atoms. The van der Waals surface area contributed by atoms with E-state index >= 15 is 0 Å². The van der Waals surface area contributed by atoms with Crippen molar-refractivity contribution in [2.75, 3.05) is 29.8 Å². The molecule has 2 aromatic carbocycles. The van der Waals surface area contributed by atoms with E-state index < -0.39 is 0 Å². The van der Waals surface area contributed by atoms with Crippen LogP contribution in [0.15, 0.2) is 60.8 Å². The van der Waals surface area contributed by atoms with Crippen LogP contribution in [0.1, 0.15) is 22.3 Å². The second-order valence-corrected chi connectivity index (χ2v) is 8.76. The molecule has 31 heavy (non-hydrogen) atoms. The summed E-state index contributed by atoms with van der Waals surface area (Å²) in [6.07, 6.45) is 2.61. The molecule has 6 nitrogen and oxygen atoms in total. The molecule has 0 aliphatic carbocycles. The summed E-state index contributed by atoms with van der Waals surface area (Å²) in [4.78, 5) is 17.0. The maximum absolute atomic E-state index is 12.7. The number of carbonyl (C=O) groups excluding carboxylic acids is 1. The van der Waals surface area contributed by atoms with E-state index in [0.717, 1.165) is 25.2 Å². The van der Waals surface area contributed by atoms with Crippen LogP contribution in [0, 0.1) is 11.3 Å². The fraction of sp³-hybridized carbons (Fsp3) is 0.174. The molecule has 0 unspecified atom stereocenters. The topological polar surface area (TPSA) is 72.3 Å². The van der Waals surface area contributed by atoms with Crippen molar-refractivity contribution < 1.29 is 4.79 Å². The zero-order valence-electron chi connectivity index (χ0n) is 16.9. The number of rotatable bonds is 4. The zero-order valence-corrected chi connectivity index (χ0v) is 18.5. The predicted molar refractivity (Wildman–Crippen MR) is 126 cm³/mol. The number of nitriles is 1. The van der Waals surface area contributed by atoms with Crippen LogP contribution in [0.25, 0.3) is 11.3 Å². The van der Waals surface area contributed by atoms with Crippen molar-refractivity contribution in [3.05, 3.63) is 76.9 Å². The first-order chi connectivity index (χ1) is 15.0. The lowest BCUT2D eigenvalue weighted by molar-refractivity contribution is 0.102. The maximum atomic E-state index is 12.7. The minimum Gasteiger partial charge on any atom is -0.322 e. The summed E-state index contributed by atoms with van der Waals surface area (Å²) in [5.41, 5.74) is 4.06. The lowest BCUT2D eigenvalue weighted by atomic mass is 10.1. The Morgan fingerprint density at radius 2 is 1.97 bits per heavy atom. The Bertz CT molecular complexity index is 1130. The number of nitrogens with one attached hydrogen (secondary N) is 1. The van der Waals surface area contributed by atoms with Crippen LogP contribution < -0.4 is 9.62 Å². The molecule has 0 spiro atoms.